The first-order valence-corrected chi connectivity index (χ1v) is 9.96. The topological polar surface area (TPSA) is 46.9 Å². The van der Waals surface area contributed by atoms with Gasteiger partial charge in [-0.3, -0.25) is 4.79 Å². The number of para-hydroxylation sites is 2. The number of aromatic nitrogens is 2. The van der Waals surface area contributed by atoms with E-state index in [2.05, 4.69) is 34.8 Å². The molecule has 1 atom stereocenters. The van der Waals surface area contributed by atoms with Gasteiger partial charge in [0.15, 0.2) is 0 Å². The lowest BCUT2D eigenvalue weighted by Gasteiger charge is -2.15. The van der Waals surface area contributed by atoms with Gasteiger partial charge in [0.1, 0.15) is 12.4 Å². The molecule has 5 heteroatoms. The number of aryl methyl sites for hydroxylation is 1. The number of hydrogen-bond acceptors (Lipinski definition) is 3. The van der Waals surface area contributed by atoms with Gasteiger partial charge in [-0.05, 0) is 42.4 Å². The predicted molar refractivity (Wildman–Crippen MR) is 103 cm³/mol. The molecule has 0 saturated heterocycles. The first-order valence-electron chi connectivity index (χ1n) is 8.56. The Hall–Kier alpha value is -2.27. The summed E-state index contributed by atoms with van der Waals surface area (Å²) in [4.78, 5) is 17.4. The number of nitrogens with one attached hydrogen (secondary N) is 1. The number of amides is 1. The van der Waals surface area contributed by atoms with Gasteiger partial charge in [0.05, 0.1) is 22.8 Å². The summed E-state index contributed by atoms with van der Waals surface area (Å²) in [5.41, 5.74) is 4.58. The van der Waals surface area contributed by atoms with Crippen molar-refractivity contribution < 1.29 is 4.79 Å². The van der Waals surface area contributed by atoms with Crippen LogP contribution in [0.1, 0.15) is 29.4 Å². The van der Waals surface area contributed by atoms with Crippen LogP contribution in [0.4, 0.5) is 0 Å². The van der Waals surface area contributed by atoms with E-state index in [1.807, 2.05) is 34.9 Å². The van der Waals surface area contributed by atoms with Gasteiger partial charge in [-0.15, -0.1) is 0 Å². The van der Waals surface area contributed by atoms with Crippen LogP contribution in [-0.2, 0) is 23.5 Å². The van der Waals surface area contributed by atoms with Gasteiger partial charge in [-0.1, -0.05) is 36.4 Å². The van der Waals surface area contributed by atoms with E-state index in [4.69, 9.17) is 0 Å². The lowest BCUT2D eigenvalue weighted by molar-refractivity contribution is -0.122. The van der Waals surface area contributed by atoms with Crippen LogP contribution in [0, 0.1) is 0 Å². The summed E-state index contributed by atoms with van der Waals surface area (Å²) in [7, 11) is 0. The highest BCUT2D eigenvalue weighted by atomic mass is 32.2. The van der Waals surface area contributed by atoms with Gasteiger partial charge < -0.3 is 9.88 Å². The lowest BCUT2D eigenvalue weighted by atomic mass is 10.1. The number of benzene rings is 2. The molecule has 0 radical (unpaired) electrons. The highest BCUT2D eigenvalue weighted by molar-refractivity contribution is 7.97. The summed E-state index contributed by atoms with van der Waals surface area (Å²) in [6, 6.07) is 16.5. The van der Waals surface area contributed by atoms with Gasteiger partial charge >= 0.3 is 0 Å². The van der Waals surface area contributed by atoms with Crippen molar-refractivity contribution in [3.63, 3.8) is 0 Å². The van der Waals surface area contributed by atoms with Gasteiger partial charge in [0.2, 0.25) is 5.91 Å². The zero-order chi connectivity index (χ0) is 17.2. The van der Waals surface area contributed by atoms with E-state index in [9.17, 15) is 4.79 Å². The minimum Gasteiger partial charge on any atom is -0.348 e. The van der Waals surface area contributed by atoms with Crippen molar-refractivity contribution in [2.24, 2.45) is 0 Å². The molecule has 0 spiro atoms. The molecule has 2 aromatic carbocycles. The van der Waals surface area contributed by atoms with Crippen LogP contribution >= 0.6 is 11.8 Å². The van der Waals surface area contributed by atoms with Gasteiger partial charge in [0, 0.05) is 0 Å². The normalized spacial score (nSPS) is 16.1. The van der Waals surface area contributed by atoms with Crippen molar-refractivity contribution in [1.29, 1.82) is 0 Å². The molecule has 0 fully saturated rings. The minimum atomic E-state index is 0.0483. The third kappa shape index (κ3) is 3.16. The van der Waals surface area contributed by atoms with Gasteiger partial charge in [-0.25, -0.2) is 4.98 Å². The molecular formula is C20H21N3OS. The monoisotopic (exact) mass is 351 g/mol. The minimum absolute atomic E-state index is 0.0483. The second-order valence-corrected chi connectivity index (χ2v) is 7.26. The Morgan fingerprint density at radius 3 is 2.92 bits per heavy atom. The molecule has 1 aliphatic carbocycles. The number of hydrogen-bond donors (Lipinski definition) is 1. The van der Waals surface area contributed by atoms with Crippen molar-refractivity contribution in [3.05, 3.63) is 65.5 Å². The molecule has 3 aromatic rings. The molecule has 1 heterocycles. The molecule has 128 valence electrons. The Labute approximate surface area is 151 Å². The molecule has 1 unspecified atom stereocenters. The summed E-state index contributed by atoms with van der Waals surface area (Å²) in [6.07, 6.45) is 4.07. The van der Waals surface area contributed by atoms with E-state index in [0.717, 1.165) is 35.5 Å². The Balaban J connectivity index is 1.55. The van der Waals surface area contributed by atoms with Crippen LogP contribution in [0.5, 0.6) is 0 Å². The van der Waals surface area contributed by atoms with Crippen LogP contribution < -0.4 is 5.32 Å². The van der Waals surface area contributed by atoms with Crippen LogP contribution in [0.25, 0.3) is 11.0 Å². The Morgan fingerprint density at radius 2 is 2.04 bits per heavy atom. The standard InChI is InChI=1S/C20H21N3OS/c1-25-13-19-21-17-8-4-5-9-18(17)23(19)12-20(24)22-16-11-10-14-6-2-3-7-15(14)16/h2-9,16H,10-13H2,1H3,(H,22,24). The number of carbonyl (C=O) groups is 1. The maximum Gasteiger partial charge on any atom is 0.240 e. The number of imidazole rings is 1. The Kier molecular flexibility index (Phi) is 4.49. The fraction of sp³-hybridized carbons (Fsp3) is 0.300. The molecule has 1 aromatic heterocycles. The molecule has 1 aliphatic rings. The van der Waals surface area contributed by atoms with Crippen molar-refractivity contribution in [2.75, 3.05) is 6.26 Å². The van der Waals surface area contributed by atoms with Crippen molar-refractivity contribution in [2.45, 2.75) is 31.2 Å². The fourth-order valence-electron chi connectivity index (χ4n) is 3.63. The number of fused-ring (bicyclic) bond motifs is 2. The molecular weight excluding hydrogens is 330 g/mol. The molecule has 1 amide bonds. The van der Waals surface area contributed by atoms with Crippen LogP contribution in [0.3, 0.4) is 0 Å². The second-order valence-electron chi connectivity index (χ2n) is 6.39. The first-order chi connectivity index (χ1) is 12.3. The number of rotatable bonds is 5. The molecule has 0 saturated carbocycles. The van der Waals surface area contributed by atoms with Gasteiger partial charge in [0.25, 0.3) is 0 Å². The fourth-order valence-corrected chi connectivity index (χ4v) is 4.11. The third-order valence-corrected chi connectivity index (χ3v) is 5.32. The Bertz CT molecular complexity index is 918. The van der Waals surface area contributed by atoms with Crippen molar-refractivity contribution >= 4 is 28.7 Å². The average Bonchev–Trinajstić information content (AvgIpc) is 3.18. The van der Waals surface area contributed by atoms with E-state index in [-0.39, 0.29) is 11.9 Å². The van der Waals surface area contributed by atoms with E-state index in [1.165, 1.54) is 11.1 Å². The first kappa shape index (κ1) is 16.2. The molecule has 0 aliphatic heterocycles. The van der Waals surface area contributed by atoms with Crippen LogP contribution in [0.2, 0.25) is 0 Å². The van der Waals surface area contributed by atoms with Crippen LogP contribution in [0.15, 0.2) is 48.5 Å². The third-order valence-electron chi connectivity index (χ3n) is 4.78. The van der Waals surface area contributed by atoms with Gasteiger partial charge in [-0.2, -0.15) is 11.8 Å². The van der Waals surface area contributed by atoms with E-state index in [0.29, 0.717) is 6.54 Å². The lowest BCUT2D eigenvalue weighted by Crippen LogP contribution is -2.31. The average molecular weight is 351 g/mol. The summed E-state index contributed by atoms with van der Waals surface area (Å²) < 4.78 is 2.04. The summed E-state index contributed by atoms with van der Waals surface area (Å²) in [5, 5.41) is 3.21. The van der Waals surface area contributed by atoms with E-state index in [1.54, 1.807) is 11.8 Å². The largest absolute Gasteiger partial charge is 0.348 e. The second kappa shape index (κ2) is 6.92. The molecule has 4 rings (SSSR count). The summed E-state index contributed by atoms with van der Waals surface area (Å²) >= 11 is 1.72. The zero-order valence-electron chi connectivity index (χ0n) is 14.2. The Morgan fingerprint density at radius 1 is 1.24 bits per heavy atom. The quantitative estimate of drug-likeness (QED) is 0.762. The van der Waals surface area contributed by atoms with Crippen LogP contribution in [-0.4, -0.2) is 21.7 Å². The predicted octanol–water partition coefficient (Wildman–Crippen LogP) is 3.70. The maximum absolute atomic E-state index is 12.7. The van der Waals surface area contributed by atoms with E-state index < -0.39 is 0 Å². The number of carbonyl (C=O) groups excluding carboxylic acids is 1. The summed E-state index contributed by atoms with van der Waals surface area (Å²) in [6.45, 7) is 0.315. The van der Waals surface area contributed by atoms with Crippen molar-refractivity contribution in [1.82, 2.24) is 14.9 Å². The highest BCUT2D eigenvalue weighted by Gasteiger charge is 2.24. The van der Waals surface area contributed by atoms with E-state index >= 15 is 0 Å². The zero-order valence-corrected chi connectivity index (χ0v) is 15.1. The molecule has 0 bridgehead atoms. The van der Waals surface area contributed by atoms with Crippen molar-refractivity contribution in [3.8, 4) is 0 Å². The number of thioether (sulfide) groups is 1. The molecule has 1 N–H and O–H groups in total. The molecule has 25 heavy (non-hydrogen) atoms. The smallest absolute Gasteiger partial charge is 0.240 e. The SMILES string of the molecule is CSCc1nc2ccccc2n1CC(=O)NC1CCc2ccccc21. The molecule has 4 nitrogen and oxygen atoms in total. The highest BCUT2D eigenvalue weighted by Crippen LogP contribution is 2.30. The summed E-state index contributed by atoms with van der Waals surface area (Å²) in [5.74, 6) is 1.80. The number of nitrogens with zero attached hydrogens (tertiary/aromatic N) is 2. The maximum atomic E-state index is 12.7.